The van der Waals surface area contributed by atoms with Crippen LogP contribution in [-0.4, -0.2) is 5.78 Å². The first kappa shape index (κ1) is 14.9. The molecule has 0 saturated carbocycles. The molecule has 0 aliphatic heterocycles. The van der Waals surface area contributed by atoms with Gasteiger partial charge in [-0.15, -0.1) is 0 Å². The van der Waals surface area contributed by atoms with E-state index < -0.39 is 11.6 Å². The molecule has 2 aromatic rings. The molecule has 2 rings (SSSR count). The highest BCUT2D eigenvalue weighted by molar-refractivity contribution is 6.35. The van der Waals surface area contributed by atoms with E-state index in [0.717, 1.165) is 12.1 Å². The molecular weight excluding hydrogens is 305 g/mol. The van der Waals surface area contributed by atoms with Gasteiger partial charge in [0.05, 0.1) is 0 Å². The summed E-state index contributed by atoms with van der Waals surface area (Å²) in [4.78, 5) is 11.9. The molecule has 0 aliphatic carbocycles. The van der Waals surface area contributed by atoms with Gasteiger partial charge in [0.1, 0.15) is 17.4 Å². The van der Waals surface area contributed by atoms with Crippen molar-refractivity contribution in [2.45, 2.75) is 12.8 Å². The number of benzene rings is 2. The largest absolute Gasteiger partial charge is 0.299 e. The number of halogens is 4. The molecule has 104 valence electrons. The summed E-state index contributed by atoms with van der Waals surface area (Å²) < 4.78 is 26.9. The van der Waals surface area contributed by atoms with E-state index in [1.165, 1.54) is 12.1 Å². The van der Waals surface area contributed by atoms with Gasteiger partial charge >= 0.3 is 0 Å². The Kier molecular flexibility index (Phi) is 4.73. The summed E-state index contributed by atoms with van der Waals surface area (Å²) in [7, 11) is 0. The molecule has 0 heterocycles. The Morgan fingerprint density at radius 3 is 2.25 bits per heavy atom. The normalized spacial score (nSPS) is 10.6. The zero-order valence-corrected chi connectivity index (χ0v) is 11.8. The maximum atomic E-state index is 13.4. The highest BCUT2D eigenvalue weighted by Crippen LogP contribution is 2.22. The zero-order valence-electron chi connectivity index (χ0n) is 10.3. The van der Waals surface area contributed by atoms with Crippen LogP contribution in [0.1, 0.15) is 11.1 Å². The van der Waals surface area contributed by atoms with E-state index in [4.69, 9.17) is 23.2 Å². The topological polar surface area (TPSA) is 17.1 Å². The molecule has 0 aliphatic rings. The van der Waals surface area contributed by atoms with Crippen LogP contribution < -0.4 is 0 Å². The number of carbonyl (C=O) groups excluding carboxylic acids is 1. The van der Waals surface area contributed by atoms with Crippen LogP contribution in [-0.2, 0) is 17.6 Å². The minimum Gasteiger partial charge on any atom is -0.299 e. The van der Waals surface area contributed by atoms with Crippen molar-refractivity contribution in [2.24, 2.45) is 0 Å². The number of Topliss-reactive ketones (excluding diaryl/α,β-unsaturated/α-hetero) is 1. The zero-order chi connectivity index (χ0) is 14.7. The average Bonchev–Trinajstić information content (AvgIpc) is 2.37. The third kappa shape index (κ3) is 3.56. The van der Waals surface area contributed by atoms with Crippen LogP contribution in [0.15, 0.2) is 36.4 Å². The summed E-state index contributed by atoms with van der Waals surface area (Å²) in [6.45, 7) is 0. The summed E-state index contributed by atoms with van der Waals surface area (Å²) in [6, 6.07) is 8.27. The molecule has 0 aromatic heterocycles. The lowest BCUT2D eigenvalue weighted by atomic mass is 10.0. The van der Waals surface area contributed by atoms with Crippen LogP contribution in [0.5, 0.6) is 0 Å². The molecule has 2 aromatic carbocycles. The molecule has 5 heteroatoms. The highest BCUT2D eigenvalue weighted by atomic mass is 35.5. The first-order valence-electron chi connectivity index (χ1n) is 5.86. The number of hydrogen-bond acceptors (Lipinski definition) is 1. The average molecular weight is 315 g/mol. The van der Waals surface area contributed by atoms with Gasteiger partial charge in [0.2, 0.25) is 0 Å². The third-order valence-electron chi connectivity index (χ3n) is 2.84. The van der Waals surface area contributed by atoms with Crippen LogP contribution in [0.3, 0.4) is 0 Å². The van der Waals surface area contributed by atoms with E-state index >= 15 is 0 Å². The van der Waals surface area contributed by atoms with Crippen molar-refractivity contribution in [3.8, 4) is 0 Å². The molecule has 0 fully saturated rings. The number of rotatable bonds is 4. The van der Waals surface area contributed by atoms with E-state index in [-0.39, 0.29) is 24.2 Å². The molecule has 0 atom stereocenters. The number of ketones is 1. The van der Waals surface area contributed by atoms with E-state index in [9.17, 15) is 13.6 Å². The SMILES string of the molecule is O=C(Cc1ccc(Cl)cc1Cl)Cc1c(F)cccc1F. The summed E-state index contributed by atoms with van der Waals surface area (Å²) in [5, 5.41) is 0.825. The Balaban J connectivity index is 2.13. The van der Waals surface area contributed by atoms with Crippen molar-refractivity contribution in [3.05, 3.63) is 69.2 Å². The predicted octanol–water partition coefficient (Wildman–Crippen LogP) is 4.63. The Labute approximate surface area is 125 Å². The molecule has 0 bridgehead atoms. The quantitative estimate of drug-likeness (QED) is 0.804. The fourth-order valence-electron chi connectivity index (χ4n) is 1.84. The van der Waals surface area contributed by atoms with Gasteiger partial charge < -0.3 is 0 Å². The van der Waals surface area contributed by atoms with Gasteiger partial charge in [0, 0.05) is 28.5 Å². The number of hydrogen-bond donors (Lipinski definition) is 0. The lowest BCUT2D eigenvalue weighted by molar-refractivity contribution is -0.117. The Morgan fingerprint density at radius 2 is 1.65 bits per heavy atom. The Bertz CT molecular complexity index is 636. The highest BCUT2D eigenvalue weighted by Gasteiger charge is 2.14. The number of carbonyl (C=O) groups is 1. The van der Waals surface area contributed by atoms with Gasteiger partial charge in [0.25, 0.3) is 0 Å². The predicted molar refractivity (Wildman–Crippen MR) is 75.2 cm³/mol. The molecule has 20 heavy (non-hydrogen) atoms. The van der Waals surface area contributed by atoms with Gasteiger partial charge in [-0.25, -0.2) is 8.78 Å². The van der Waals surface area contributed by atoms with Crippen molar-refractivity contribution in [1.82, 2.24) is 0 Å². The van der Waals surface area contributed by atoms with Crippen LogP contribution in [0, 0.1) is 11.6 Å². The van der Waals surface area contributed by atoms with Gasteiger partial charge in [-0.2, -0.15) is 0 Å². The second-order valence-electron chi connectivity index (χ2n) is 4.33. The van der Waals surface area contributed by atoms with Crippen LogP contribution >= 0.6 is 23.2 Å². The van der Waals surface area contributed by atoms with E-state index in [0.29, 0.717) is 15.6 Å². The summed E-state index contributed by atoms with van der Waals surface area (Å²) in [6.07, 6.45) is -0.304. The lowest BCUT2D eigenvalue weighted by Gasteiger charge is -2.06. The van der Waals surface area contributed by atoms with Gasteiger partial charge in [-0.05, 0) is 29.8 Å². The van der Waals surface area contributed by atoms with Crippen molar-refractivity contribution in [1.29, 1.82) is 0 Å². The third-order valence-corrected chi connectivity index (χ3v) is 3.43. The van der Waals surface area contributed by atoms with Gasteiger partial charge in [0.15, 0.2) is 0 Å². The molecule has 0 unspecified atom stereocenters. The minimum atomic E-state index is -0.722. The first-order chi connectivity index (χ1) is 9.47. The maximum Gasteiger partial charge on any atom is 0.141 e. The van der Waals surface area contributed by atoms with E-state index in [2.05, 4.69) is 0 Å². The van der Waals surface area contributed by atoms with E-state index in [1.54, 1.807) is 12.1 Å². The molecule has 0 amide bonds. The van der Waals surface area contributed by atoms with Crippen LogP contribution in [0.2, 0.25) is 10.0 Å². The Hall–Kier alpha value is -1.45. The molecule has 0 saturated heterocycles. The van der Waals surface area contributed by atoms with Crippen LogP contribution in [0.4, 0.5) is 8.78 Å². The molecule has 1 nitrogen and oxygen atoms in total. The van der Waals surface area contributed by atoms with Gasteiger partial charge in [-0.1, -0.05) is 35.3 Å². The summed E-state index contributed by atoms with van der Waals surface area (Å²) in [5.41, 5.74) is 0.361. The van der Waals surface area contributed by atoms with Crippen molar-refractivity contribution >= 4 is 29.0 Å². The van der Waals surface area contributed by atoms with Crippen molar-refractivity contribution in [3.63, 3.8) is 0 Å². The standard InChI is InChI=1S/C15H10Cl2F2O/c16-10-5-4-9(13(17)7-10)6-11(20)8-12-14(18)2-1-3-15(12)19/h1-5,7H,6,8H2. The Morgan fingerprint density at radius 1 is 1.00 bits per heavy atom. The molecule has 0 N–H and O–H groups in total. The van der Waals surface area contributed by atoms with Crippen molar-refractivity contribution in [2.75, 3.05) is 0 Å². The lowest BCUT2D eigenvalue weighted by Crippen LogP contribution is -2.10. The molecule has 0 spiro atoms. The smallest absolute Gasteiger partial charge is 0.141 e. The fraction of sp³-hybridized carbons (Fsp3) is 0.133. The first-order valence-corrected chi connectivity index (χ1v) is 6.61. The summed E-state index contributed by atoms with van der Waals surface area (Å²) >= 11 is 11.7. The second-order valence-corrected chi connectivity index (χ2v) is 5.17. The molecular formula is C15H10Cl2F2O. The fourth-order valence-corrected chi connectivity index (χ4v) is 2.31. The maximum absolute atomic E-state index is 13.4. The van der Waals surface area contributed by atoms with Gasteiger partial charge in [-0.3, -0.25) is 4.79 Å². The monoisotopic (exact) mass is 314 g/mol. The van der Waals surface area contributed by atoms with E-state index in [1.807, 2.05) is 0 Å². The van der Waals surface area contributed by atoms with Crippen molar-refractivity contribution < 1.29 is 13.6 Å². The second kappa shape index (κ2) is 6.33. The summed E-state index contributed by atoms with van der Waals surface area (Å²) in [5.74, 6) is -1.76. The minimum absolute atomic E-state index is 0.00375. The van der Waals surface area contributed by atoms with Crippen LogP contribution in [0.25, 0.3) is 0 Å². The molecule has 0 radical (unpaired) electrons.